The zero-order valence-electron chi connectivity index (χ0n) is 12.3. The number of sulfone groups is 1. The Labute approximate surface area is 133 Å². The van der Waals surface area contributed by atoms with Crippen LogP contribution in [0.4, 0.5) is 19.3 Å². The molecular weight excluding hydrogens is 326 g/mol. The number of amides is 2. The number of anilines is 1. The van der Waals surface area contributed by atoms with E-state index in [1.54, 1.807) is 0 Å². The van der Waals surface area contributed by atoms with Crippen molar-refractivity contribution in [2.45, 2.75) is 29.9 Å². The van der Waals surface area contributed by atoms with Gasteiger partial charge in [0, 0.05) is 6.54 Å². The standard InChI is InChI=1S/C15H18F2N2O3S/c16-14(17)23(21,22)13-9-5-4-8-12(13)19-15(20)18-10-11-6-2-1-3-7-11/h1-2,4-5,8-9,11,14H,3,6-7,10H2,(H2,18,19,20). The van der Waals surface area contributed by atoms with Gasteiger partial charge in [-0.2, -0.15) is 8.78 Å². The molecule has 0 heterocycles. The third-order valence-electron chi connectivity index (χ3n) is 3.61. The molecule has 2 amide bonds. The molecular formula is C15H18F2N2O3S. The van der Waals surface area contributed by atoms with Crippen molar-refractivity contribution in [1.29, 1.82) is 0 Å². The lowest BCUT2D eigenvalue weighted by atomic mass is 9.94. The van der Waals surface area contributed by atoms with Crippen molar-refractivity contribution in [2.75, 3.05) is 11.9 Å². The molecule has 1 unspecified atom stereocenters. The Hall–Kier alpha value is -1.96. The second-order valence-electron chi connectivity index (χ2n) is 5.29. The summed E-state index contributed by atoms with van der Waals surface area (Å²) in [5, 5.41) is 4.97. The minimum Gasteiger partial charge on any atom is -0.338 e. The van der Waals surface area contributed by atoms with E-state index in [1.807, 2.05) is 0 Å². The molecule has 0 aromatic heterocycles. The number of urea groups is 1. The summed E-state index contributed by atoms with van der Waals surface area (Å²) in [6, 6.07) is 4.50. The van der Waals surface area contributed by atoms with Crippen molar-refractivity contribution in [2.24, 2.45) is 5.92 Å². The second kappa shape index (κ2) is 7.54. The van der Waals surface area contributed by atoms with E-state index in [1.165, 1.54) is 18.2 Å². The van der Waals surface area contributed by atoms with Crippen LogP contribution < -0.4 is 10.6 Å². The first kappa shape index (κ1) is 17.4. The fourth-order valence-electron chi connectivity index (χ4n) is 2.36. The summed E-state index contributed by atoms with van der Waals surface area (Å²) in [5.74, 6) is -3.21. The monoisotopic (exact) mass is 344 g/mol. The molecule has 0 bridgehead atoms. The number of rotatable bonds is 5. The van der Waals surface area contributed by atoms with Gasteiger partial charge in [0.1, 0.15) is 0 Å². The van der Waals surface area contributed by atoms with Crippen LogP contribution in [0.1, 0.15) is 19.3 Å². The van der Waals surface area contributed by atoms with Crippen molar-refractivity contribution in [3.63, 3.8) is 0 Å². The van der Waals surface area contributed by atoms with Gasteiger partial charge in [-0.1, -0.05) is 24.3 Å². The molecule has 1 aliphatic carbocycles. The van der Waals surface area contributed by atoms with E-state index in [0.29, 0.717) is 12.5 Å². The number of halogens is 2. The number of carbonyl (C=O) groups is 1. The number of benzene rings is 1. The molecule has 1 aliphatic rings. The van der Waals surface area contributed by atoms with Gasteiger partial charge >= 0.3 is 11.8 Å². The molecule has 0 radical (unpaired) electrons. The van der Waals surface area contributed by atoms with Gasteiger partial charge in [0.25, 0.3) is 0 Å². The summed E-state index contributed by atoms with van der Waals surface area (Å²) in [6.07, 6.45) is 6.94. The molecule has 0 saturated carbocycles. The molecule has 0 aliphatic heterocycles. The van der Waals surface area contributed by atoms with Gasteiger partial charge in [0.2, 0.25) is 9.84 Å². The normalized spacial score (nSPS) is 18.0. The Kier molecular flexibility index (Phi) is 5.70. The highest BCUT2D eigenvalue weighted by Gasteiger charge is 2.29. The lowest BCUT2D eigenvalue weighted by Gasteiger charge is -2.18. The van der Waals surface area contributed by atoms with E-state index in [2.05, 4.69) is 22.8 Å². The Morgan fingerprint density at radius 2 is 2.00 bits per heavy atom. The number of para-hydroxylation sites is 1. The van der Waals surface area contributed by atoms with Crippen molar-refractivity contribution < 1.29 is 22.0 Å². The molecule has 1 aromatic carbocycles. The fraction of sp³-hybridized carbons (Fsp3) is 0.400. The summed E-state index contributed by atoms with van der Waals surface area (Å²) in [6.45, 7) is 0.444. The molecule has 1 atom stereocenters. The molecule has 2 rings (SSSR count). The zero-order valence-corrected chi connectivity index (χ0v) is 13.2. The van der Waals surface area contributed by atoms with Gasteiger partial charge in [0.05, 0.1) is 10.6 Å². The van der Waals surface area contributed by atoms with Crippen LogP contribution in [0.3, 0.4) is 0 Å². The van der Waals surface area contributed by atoms with E-state index in [0.717, 1.165) is 25.3 Å². The van der Waals surface area contributed by atoms with Crippen LogP contribution in [0.15, 0.2) is 41.3 Å². The van der Waals surface area contributed by atoms with Gasteiger partial charge in [-0.25, -0.2) is 13.2 Å². The lowest BCUT2D eigenvalue weighted by molar-refractivity contribution is 0.234. The highest BCUT2D eigenvalue weighted by atomic mass is 32.2. The first-order valence-corrected chi connectivity index (χ1v) is 8.77. The maximum absolute atomic E-state index is 12.7. The summed E-state index contributed by atoms with van der Waals surface area (Å²) >= 11 is 0. The molecule has 2 N–H and O–H groups in total. The highest BCUT2D eigenvalue weighted by Crippen LogP contribution is 2.26. The van der Waals surface area contributed by atoms with E-state index < -0.39 is 26.5 Å². The van der Waals surface area contributed by atoms with E-state index in [4.69, 9.17) is 0 Å². The summed E-state index contributed by atoms with van der Waals surface area (Å²) < 4.78 is 48.6. The first-order valence-electron chi connectivity index (χ1n) is 7.22. The van der Waals surface area contributed by atoms with Crippen LogP contribution in [-0.2, 0) is 9.84 Å². The van der Waals surface area contributed by atoms with Gasteiger partial charge in [-0.15, -0.1) is 0 Å². The topological polar surface area (TPSA) is 75.3 Å². The summed E-state index contributed by atoms with van der Waals surface area (Å²) in [5.41, 5.74) is -0.158. The molecule has 5 nitrogen and oxygen atoms in total. The van der Waals surface area contributed by atoms with Gasteiger partial charge < -0.3 is 10.6 Å². The fourth-order valence-corrected chi connectivity index (χ4v) is 3.25. The molecule has 23 heavy (non-hydrogen) atoms. The van der Waals surface area contributed by atoms with E-state index >= 15 is 0 Å². The van der Waals surface area contributed by atoms with Crippen molar-refractivity contribution >= 4 is 21.6 Å². The average molecular weight is 344 g/mol. The van der Waals surface area contributed by atoms with Crippen LogP contribution in [0.25, 0.3) is 0 Å². The van der Waals surface area contributed by atoms with E-state index in [9.17, 15) is 22.0 Å². The molecule has 0 spiro atoms. The quantitative estimate of drug-likeness (QED) is 0.806. The Morgan fingerprint density at radius 1 is 1.26 bits per heavy atom. The highest BCUT2D eigenvalue weighted by molar-refractivity contribution is 7.91. The number of nitrogens with one attached hydrogen (secondary N) is 2. The summed E-state index contributed by atoms with van der Waals surface area (Å²) in [4.78, 5) is 11.3. The van der Waals surface area contributed by atoms with Crippen LogP contribution in [0, 0.1) is 5.92 Å². The number of alkyl halides is 2. The predicted octanol–water partition coefficient (Wildman–Crippen LogP) is 3.16. The van der Waals surface area contributed by atoms with Crippen molar-refractivity contribution in [3.05, 3.63) is 36.4 Å². The summed E-state index contributed by atoms with van der Waals surface area (Å²) in [7, 11) is -4.77. The smallest absolute Gasteiger partial charge is 0.338 e. The average Bonchev–Trinajstić information content (AvgIpc) is 2.54. The van der Waals surface area contributed by atoms with Crippen molar-refractivity contribution in [1.82, 2.24) is 5.32 Å². The minimum absolute atomic E-state index is 0.158. The molecule has 0 fully saturated rings. The molecule has 0 saturated heterocycles. The number of hydrogen-bond donors (Lipinski definition) is 2. The molecule has 8 heteroatoms. The van der Waals surface area contributed by atoms with Crippen LogP contribution in [-0.4, -0.2) is 26.8 Å². The third-order valence-corrected chi connectivity index (χ3v) is 5.04. The lowest BCUT2D eigenvalue weighted by Crippen LogP contribution is -2.33. The Bertz CT molecular complexity index is 690. The van der Waals surface area contributed by atoms with Gasteiger partial charge in [0.15, 0.2) is 0 Å². The largest absolute Gasteiger partial charge is 0.341 e. The van der Waals surface area contributed by atoms with E-state index in [-0.39, 0.29) is 5.69 Å². The first-order chi connectivity index (χ1) is 10.9. The second-order valence-corrected chi connectivity index (χ2v) is 7.17. The molecule has 1 aromatic rings. The minimum atomic E-state index is -4.77. The third kappa shape index (κ3) is 4.51. The predicted molar refractivity (Wildman–Crippen MR) is 83.1 cm³/mol. The SMILES string of the molecule is O=C(NCC1CC=CCC1)Nc1ccccc1S(=O)(=O)C(F)F. The Morgan fingerprint density at radius 3 is 2.65 bits per heavy atom. The molecule has 126 valence electrons. The maximum Gasteiger partial charge on any atom is 0.341 e. The van der Waals surface area contributed by atoms with Crippen molar-refractivity contribution in [3.8, 4) is 0 Å². The number of carbonyl (C=O) groups excluding carboxylic acids is 1. The number of hydrogen-bond acceptors (Lipinski definition) is 3. The van der Waals surface area contributed by atoms with Crippen LogP contribution in [0.2, 0.25) is 0 Å². The van der Waals surface area contributed by atoms with Gasteiger partial charge in [-0.05, 0) is 37.3 Å². The zero-order chi connectivity index (χ0) is 16.9. The van der Waals surface area contributed by atoms with Crippen LogP contribution in [0.5, 0.6) is 0 Å². The van der Waals surface area contributed by atoms with Crippen LogP contribution >= 0.6 is 0 Å². The van der Waals surface area contributed by atoms with Gasteiger partial charge in [-0.3, -0.25) is 0 Å². The Balaban J connectivity index is 2.02. The maximum atomic E-state index is 12.7. The number of allylic oxidation sites excluding steroid dienone is 2.